The molecule has 2 amide bonds. The monoisotopic (exact) mass is 391 g/mol. The molecule has 2 N–H and O–H groups in total. The van der Waals surface area contributed by atoms with Gasteiger partial charge in [-0.05, 0) is 55.5 Å². The van der Waals surface area contributed by atoms with Crippen LogP contribution < -0.4 is 10.6 Å². The van der Waals surface area contributed by atoms with Crippen molar-refractivity contribution < 1.29 is 14.3 Å². The van der Waals surface area contributed by atoms with Gasteiger partial charge in [-0.3, -0.25) is 13.6 Å². The number of aromatic nitrogens is 1. The molecule has 0 spiro atoms. The SMILES string of the molecule is O=C(NCCC1CCCO1)c1ccc2c(c1)NC(=O)c1cc(Cl)cn1S2. The Kier molecular flexibility index (Phi) is 4.93. The van der Waals surface area contributed by atoms with Gasteiger partial charge in [-0.25, -0.2) is 0 Å². The number of benzene rings is 1. The second kappa shape index (κ2) is 7.34. The van der Waals surface area contributed by atoms with E-state index in [0.717, 1.165) is 30.8 Å². The molecule has 0 aliphatic carbocycles. The molecule has 1 aromatic heterocycles. The first-order valence-corrected chi connectivity index (χ1v) is 9.67. The maximum absolute atomic E-state index is 12.4. The summed E-state index contributed by atoms with van der Waals surface area (Å²) in [5.74, 6) is -0.406. The van der Waals surface area contributed by atoms with E-state index >= 15 is 0 Å². The highest BCUT2D eigenvalue weighted by Crippen LogP contribution is 2.35. The highest BCUT2D eigenvalue weighted by molar-refractivity contribution is 7.98. The Morgan fingerprint density at radius 1 is 1.42 bits per heavy atom. The summed E-state index contributed by atoms with van der Waals surface area (Å²) in [6.45, 7) is 1.39. The molecule has 0 radical (unpaired) electrons. The largest absolute Gasteiger partial charge is 0.378 e. The quantitative estimate of drug-likeness (QED) is 0.835. The maximum Gasteiger partial charge on any atom is 0.273 e. The van der Waals surface area contributed by atoms with E-state index in [4.69, 9.17) is 16.3 Å². The minimum atomic E-state index is -0.251. The van der Waals surface area contributed by atoms with Crippen molar-refractivity contribution in [1.29, 1.82) is 0 Å². The minimum Gasteiger partial charge on any atom is -0.378 e. The van der Waals surface area contributed by atoms with Gasteiger partial charge in [-0.1, -0.05) is 11.6 Å². The lowest BCUT2D eigenvalue weighted by molar-refractivity contribution is 0.0906. The van der Waals surface area contributed by atoms with E-state index in [1.807, 2.05) is 6.07 Å². The first-order valence-electron chi connectivity index (χ1n) is 8.51. The lowest BCUT2D eigenvalue weighted by Gasteiger charge is -2.11. The molecule has 1 fully saturated rings. The summed E-state index contributed by atoms with van der Waals surface area (Å²) in [5.41, 5.74) is 1.60. The van der Waals surface area contributed by atoms with E-state index in [-0.39, 0.29) is 17.9 Å². The second-order valence-corrected chi connectivity index (χ2v) is 7.76. The molecule has 1 atom stereocenters. The number of halogens is 1. The van der Waals surface area contributed by atoms with Gasteiger partial charge in [0, 0.05) is 24.9 Å². The zero-order valence-corrected chi connectivity index (χ0v) is 15.5. The van der Waals surface area contributed by atoms with Gasteiger partial charge in [-0.2, -0.15) is 0 Å². The summed E-state index contributed by atoms with van der Waals surface area (Å²) in [7, 11) is 0. The normalized spacial score (nSPS) is 18.7. The van der Waals surface area contributed by atoms with Crippen molar-refractivity contribution in [2.45, 2.75) is 30.3 Å². The Morgan fingerprint density at radius 2 is 2.31 bits per heavy atom. The van der Waals surface area contributed by atoms with E-state index in [9.17, 15) is 9.59 Å². The highest BCUT2D eigenvalue weighted by Gasteiger charge is 2.22. The molecule has 6 nitrogen and oxygen atoms in total. The number of hydrogen-bond donors (Lipinski definition) is 2. The van der Waals surface area contributed by atoms with Crippen molar-refractivity contribution in [3.05, 3.63) is 46.7 Å². The van der Waals surface area contributed by atoms with Crippen LogP contribution in [0, 0.1) is 0 Å². The molecule has 0 saturated carbocycles. The molecule has 26 heavy (non-hydrogen) atoms. The molecule has 1 aromatic carbocycles. The minimum absolute atomic E-state index is 0.156. The van der Waals surface area contributed by atoms with Gasteiger partial charge in [0.1, 0.15) is 5.69 Å². The van der Waals surface area contributed by atoms with Crippen LogP contribution >= 0.6 is 23.5 Å². The van der Waals surface area contributed by atoms with Gasteiger partial charge in [0.25, 0.3) is 11.8 Å². The zero-order valence-electron chi connectivity index (χ0n) is 14.0. The number of amides is 2. The number of carbonyl (C=O) groups is 2. The van der Waals surface area contributed by atoms with Crippen molar-refractivity contribution in [1.82, 2.24) is 9.29 Å². The third kappa shape index (κ3) is 3.60. The van der Waals surface area contributed by atoms with E-state index < -0.39 is 0 Å². The number of fused-ring (bicyclic) bond motifs is 2. The van der Waals surface area contributed by atoms with Gasteiger partial charge in [0.2, 0.25) is 0 Å². The summed E-state index contributed by atoms with van der Waals surface area (Å²) in [5, 5.41) is 6.27. The molecule has 136 valence electrons. The van der Waals surface area contributed by atoms with Crippen LogP contribution in [0.15, 0.2) is 35.4 Å². The van der Waals surface area contributed by atoms with E-state index in [1.54, 1.807) is 28.4 Å². The average Bonchev–Trinajstić information content (AvgIpc) is 3.23. The number of hydrogen-bond acceptors (Lipinski definition) is 4. The number of rotatable bonds is 4. The van der Waals surface area contributed by atoms with Crippen LogP contribution in [-0.2, 0) is 4.74 Å². The Balaban J connectivity index is 1.45. The highest BCUT2D eigenvalue weighted by atomic mass is 35.5. The Hall–Kier alpha value is -1.96. The molecule has 3 heterocycles. The van der Waals surface area contributed by atoms with Crippen molar-refractivity contribution in [3.63, 3.8) is 0 Å². The first kappa shape index (κ1) is 17.5. The first-order chi connectivity index (χ1) is 12.6. The van der Waals surface area contributed by atoms with Crippen molar-refractivity contribution in [2.24, 2.45) is 0 Å². The molecule has 1 unspecified atom stereocenters. The number of carbonyl (C=O) groups excluding carboxylic acids is 2. The van der Waals surface area contributed by atoms with Crippen LogP contribution in [0.4, 0.5) is 5.69 Å². The van der Waals surface area contributed by atoms with Gasteiger partial charge >= 0.3 is 0 Å². The summed E-state index contributed by atoms with van der Waals surface area (Å²) < 4.78 is 7.29. The Labute approximate surface area is 160 Å². The molecular formula is C18H18ClN3O3S. The topological polar surface area (TPSA) is 72.4 Å². The fourth-order valence-corrected chi connectivity index (χ4v) is 4.32. The molecule has 2 aromatic rings. The van der Waals surface area contributed by atoms with Crippen LogP contribution in [0.25, 0.3) is 0 Å². The van der Waals surface area contributed by atoms with Crippen LogP contribution in [0.2, 0.25) is 5.02 Å². The number of anilines is 1. The molecule has 2 aliphatic rings. The lowest BCUT2D eigenvalue weighted by atomic mass is 10.1. The number of nitrogens with zero attached hydrogens (tertiary/aromatic N) is 1. The van der Waals surface area contributed by atoms with Crippen molar-refractivity contribution >= 4 is 41.1 Å². The summed E-state index contributed by atoms with van der Waals surface area (Å²) in [4.78, 5) is 25.6. The molecule has 8 heteroatoms. The average molecular weight is 392 g/mol. The third-order valence-electron chi connectivity index (χ3n) is 4.45. The molecule has 1 saturated heterocycles. The predicted molar refractivity (Wildman–Crippen MR) is 101 cm³/mol. The van der Waals surface area contributed by atoms with Gasteiger partial charge in [0.15, 0.2) is 0 Å². The molecule has 4 rings (SSSR count). The second-order valence-electron chi connectivity index (χ2n) is 6.31. The Morgan fingerprint density at radius 3 is 3.12 bits per heavy atom. The molecule has 2 aliphatic heterocycles. The summed E-state index contributed by atoms with van der Waals surface area (Å²) in [6, 6.07) is 6.91. The third-order valence-corrected chi connectivity index (χ3v) is 5.71. The zero-order chi connectivity index (χ0) is 18.1. The number of ether oxygens (including phenoxy) is 1. The summed E-state index contributed by atoms with van der Waals surface area (Å²) >= 11 is 7.37. The lowest BCUT2D eigenvalue weighted by Crippen LogP contribution is -2.27. The van der Waals surface area contributed by atoms with Crippen molar-refractivity contribution in [3.8, 4) is 0 Å². The van der Waals surface area contributed by atoms with Crippen LogP contribution in [-0.4, -0.2) is 35.0 Å². The van der Waals surface area contributed by atoms with Gasteiger partial charge in [0.05, 0.1) is 21.7 Å². The smallest absolute Gasteiger partial charge is 0.273 e. The van der Waals surface area contributed by atoms with Crippen molar-refractivity contribution in [2.75, 3.05) is 18.5 Å². The van der Waals surface area contributed by atoms with Gasteiger partial charge in [-0.15, -0.1) is 0 Å². The van der Waals surface area contributed by atoms with Gasteiger partial charge < -0.3 is 15.4 Å². The fourth-order valence-electron chi connectivity index (χ4n) is 3.12. The summed E-state index contributed by atoms with van der Waals surface area (Å²) in [6.07, 6.45) is 4.92. The molecular weight excluding hydrogens is 374 g/mol. The number of nitrogens with one attached hydrogen (secondary N) is 2. The van der Waals surface area contributed by atoms with E-state index in [2.05, 4.69) is 10.6 Å². The van der Waals surface area contributed by atoms with E-state index in [1.165, 1.54) is 11.9 Å². The molecule has 0 bridgehead atoms. The van der Waals surface area contributed by atoms with Crippen LogP contribution in [0.1, 0.15) is 40.1 Å². The Bertz CT molecular complexity index is 861. The van der Waals surface area contributed by atoms with Crippen LogP contribution in [0.3, 0.4) is 0 Å². The maximum atomic E-state index is 12.4. The predicted octanol–water partition coefficient (Wildman–Crippen LogP) is 3.56. The fraction of sp³-hybridized carbons (Fsp3) is 0.333. The standard InChI is InChI=1S/C18H18ClN3O3S/c19-12-9-15-18(24)21-14-8-11(3-4-16(14)26-22(15)10-12)17(23)20-6-5-13-2-1-7-25-13/h3-4,8-10,13H,1-2,5-7H2,(H,20,23)(H,21,24). The van der Waals surface area contributed by atoms with Crippen LogP contribution in [0.5, 0.6) is 0 Å². The van der Waals surface area contributed by atoms with E-state index in [0.29, 0.717) is 28.5 Å².